The number of benzene rings is 2. The summed E-state index contributed by atoms with van der Waals surface area (Å²) < 4.78 is 0. The number of para-hydroxylation sites is 1. The number of hydrogen-bond donors (Lipinski definition) is 4. The van der Waals surface area contributed by atoms with Crippen LogP contribution in [0.1, 0.15) is 16.1 Å². The molecule has 0 bridgehead atoms. The number of nitrogens with two attached hydrogens (primary N) is 1. The molecule has 26 heavy (non-hydrogen) atoms. The highest BCUT2D eigenvalue weighted by Gasteiger charge is 2.09. The smallest absolute Gasteiger partial charge is 0.265 e. The zero-order valence-corrected chi connectivity index (χ0v) is 13.9. The minimum absolute atomic E-state index is 0.180. The van der Waals surface area contributed by atoms with Crippen LogP contribution in [0.4, 0.5) is 5.69 Å². The minimum Gasteiger partial charge on any atom is -0.364 e. The SMILES string of the molecule is NC(=O)c1cc2cc(NC(=O)[CH]Cc3c[nH]c4ccccc34)ccc2[nH]1. The molecular formula is C20H17N4O2. The number of nitrogens with one attached hydrogen (secondary N) is 3. The van der Waals surface area contributed by atoms with Crippen LogP contribution in [0.5, 0.6) is 0 Å². The fourth-order valence-corrected chi connectivity index (χ4v) is 3.04. The van der Waals surface area contributed by atoms with Crippen LogP contribution in [0.3, 0.4) is 0 Å². The standard InChI is InChI=1S/C20H17N4O2/c21-20(26)18-10-13-9-14(6-7-16(13)24-18)23-19(25)8-5-12-11-22-17-4-2-1-3-15(12)17/h1-4,6-11,22,24H,5H2,(H2,21,26)(H,23,25). The summed E-state index contributed by atoms with van der Waals surface area (Å²) in [7, 11) is 0. The topological polar surface area (TPSA) is 104 Å². The lowest BCUT2D eigenvalue weighted by atomic mass is 10.1. The number of rotatable bonds is 5. The van der Waals surface area contributed by atoms with Crippen molar-refractivity contribution in [2.24, 2.45) is 5.73 Å². The van der Waals surface area contributed by atoms with Crippen LogP contribution >= 0.6 is 0 Å². The second-order valence-corrected chi connectivity index (χ2v) is 6.11. The summed E-state index contributed by atoms with van der Waals surface area (Å²) in [5, 5.41) is 4.78. The highest BCUT2D eigenvalue weighted by Crippen LogP contribution is 2.21. The van der Waals surface area contributed by atoms with Crippen LogP contribution in [-0.2, 0) is 11.2 Å². The molecule has 5 N–H and O–H groups in total. The molecule has 0 atom stereocenters. The van der Waals surface area contributed by atoms with Crippen LogP contribution in [-0.4, -0.2) is 21.8 Å². The second-order valence-electron chi connectivity index (χ2n) is 6.11. The first-order valence-electron chi connectivity index (χ1n) is 8.22. The number of primary amides is 1. The Balaban J connectivity index is 1.44. The van der Waals surface area contributed by atoms with Crippen LogP contribution in [0.2, 0.25) is 0 Å². The number of amides is 2. The molecule has 6 nitrogen and oxygen atoms in total. The fraction of sp³-hybridized carbons (Fsp3) is 0.0500. The van der Waals surface area contributed by atoms with Gasteiger partial charge in [0.1, 0.15) is 5.69 Å². The summed E-state index contributed by atoms with van der Waals surface area (Å²) in [6.07, 6.45) is 4.07. The molecule has 0 unspecified atom stereocenters. The number of anilines is 1. The summed E-state index contributed by atoms with van der Waals surface area (Å²) in [4.78, 5) is 29.6. The molecule has 0 aliphatic carbocycles. The Hall–Kier alpha value is -3.54. The maximum absolute atomic E-state index is 12.2. The van der Waals surface area contributed by atoms with Crippen molar-refractivity contribution in [1.82, 2.24) is 9.97 Å². The highest BCUT2D eigenvalue weighted by atomic mass is 16.2. The number of H-pyrrole nitrogens is 2. The molecule has 2 aromatic heterocycles. The van der Waals surface area contributed by atoms with E-state index in [2.05, 4.69) is 15.3 Å². The van der Waals surface area contributed by atoms with Gasteiger partial charge in [-0.3, -0.25) is 9.59 Å². The Kier molecular flexibility index (Phi) is 3.93. The van der Waals surface area contributed by atoms with Gasteiger partial charge in [0.05, 0.1) is 6.42 Å². The van der Waals surface area contributed by atoms with Gasteiger partial charge in [-0.25, -0.2) is 0 Å². The van der Waals surface area contributed by atoms with E-state index in [0.717, 1.165) is 27.4 Å². The molecule has 6 heteroatoms. The second kappa shape index (κ2) is 6.40. The van der Waals surface area contributed by atoms with Crippen LogP contribution in [0, 0.1) is 6.42 Å². The summed E-state index contributed by atoms with van der Waals surface area (Å²) in [5.41, 5.74) is 9.19. The van der Waals surface area contributed by atoms with E-state index in [1.54, 1.807) is 30.7 Å². The Morgan fingerprint density at radius 2 is 1.92 bits per heavy atom. The number of carbonyl (C=O) groups excluding carboxylic acids is 2. The zero-order chi connectivity index (χ0) is 18.1. The third kappa shape index (κ3) is 3.04. The van der Waals surface area contributed by atoms with E-state index in [1.165, 1.54) is 0 Å². The van der Waals surface area contributed by atoms with E-state index in [0.29, 0.717) is 17.8 Å². The van der Waals surface area contributed by atoms with Gasteiger partial charge in [0.25, 0.3) is 5.91 Å². The number of hydrogen-bond acceptors (Lipinski definition) is 2. The third-order valence-corrected chi connectivity index (χ3v) is 4.34. The Labute approximate surface area is 149 Å². The predicted molar refractivity (Wildman–Crippen MR) is 102 cm³/mol. The van der Waals surface area contributed by atoms with E-state index in [9.17, 15) is 9.59 Å². The maximum atomic E-state index is 12.2. The van der Waals surface area contributed by atoms with E-state index in [-0.39, 0.29) is 5.91 Å². The molecule has 0 spiro atoms. The van der Waals surface area contributed by atoms with Gasteiger partial charge in [-0.1, -0.05) is 18.2 Å². The van der Waals surface area contributed by atoms with Crippen molar-refractivity contribution in [3.05, 3.63) is 72.4 Å². The highest BCUT2D eigenvalue weighted by molar-refractivity contribution is 6.01. The first kappa shape index (κ1) is 16.0. The Bertz CT molecular complexity index is 1120. The Morgan fingerprint density at radius 3 is 2.77 bits per heavy atom. The van der Waals surface area contributed by atoms with Gasteiger partial charge in [-0.15, -0.1) is 0 Å². The molecule has 1 radical (unpaired) electrons. The van der Waals surface area contributed by atoms with Crippen molar-refractivity contribution in [1.29, 1.82) is 0 Å². The van der Waals surface area contributed by atoms with E-state index in [1.807, 2.05) is 30.5 Å². The van der Waals surface area contributed by atoms with Gasteiger partial charge in [0.2, 0.25) is 5.91 Å². The lowest BCUT2D eigenvalue weighted by Gasteiger charge is -2.05. The molecule has 0 saturated carbocycles. The molecule has 2 aromatic carbocycles. The first-order chi connectivity index (χ1) is 12.6. The molecule has 2 amide bonds. The monoisotopic (exact) mass is 345 g/mol. The first-order valence-corrected chi connectivity index (χ1v) is 8.22. The van der Waals surface area contributed by atoms with Gasteiger partial charge in [0.15, 0.2) is 0 Å². The molecule has 0 aliphatic rings. The third-order valence-electron chi connectivity index (χ3n) is 4.34. The summed E-state index contributed by atoms with van der Waals surface area (Å²) in [5.74, 6) is -0.695. The molecule has 4 aromatic rings. The van der Waals surface area contributed by atoms with Crippen molar-refractivity contribution < 1.29 is 9.59 Å². The lowest BCUT2D eigenvalue weighted by Crippen LogP contribution is -2.12. The molecule has 2 heterocycles. The molecule has 4 rings (SSSR count). The van der Waals surface area contributed by atoms with Crippen molar-refractivity contribution in [2.75, 3.05) is 5.32 Å². The van der Waals surface area contributed by atoms with Crippen LogP contribution in [0.15, 0.2) is 54.7 Å². The van der Waals surface area contributed by atoms with Gasteiger partial charge in [-0.2, -0.15) is 0 Å². The normalized spacial score (nSPS) is 11.1. The van der Waals surface area contributed by atoms with Gasteiger partial charge < -0.3 is 21.0 Å². The van der Waals surface area contributed by atoms with Gasteiger partial charge >= 0.3 is 0 Å². The van der Waals surface area contributed by atoms with Crippen LogP contribution in [0.25, 0.3) is 21.8 Å². The summed E-state index contributed by atoms with van der Waals surface area (Å²) in [6.45, 7) is 0. The summed E-state index contributed by atoms with van der Waals surface area (Å²) in [6, 6.07) is 15.0. The average molecular weight is 345 g/mol. The molecule has 0 fully saturated rings. The largest absolute Gasteiger partial charge is 0.364 e. The number of aromatic amines is 2. The predicted octanol–water partition coefficient (Wildman–Crippen LogP) is 3.13. The molecule has 0 saturated heterocycles. The van der Waals surface area contributed by atoms with Crippen molar-refractivity contribution >= 4 is 39.3 Å². The number of aromatic nitrogens is 2. The Morgan fingerprint density at radius 1 is 1.08 bits per heavy atom. The van der Waals surface area contributed by atoms with Crippen molar-refractivity contribution in [3.8, 4) is 0 Å². The summed E-state index contributed by atoms with van der Waals surface area (Å²) >= 11 is 0. The quantitative estimate of drug-likeness (QED) is 0.446. The molecule has 129 valence electrons. The van der Waals surface area contributed by atoms with Crippen molar-refractivity contribution in [2.45, 2.75) is 6.42 Å². The van der Waals surface area contributed by atoms with E-state index >= 15 is 0 Å². The zero-order valence-electron chi connectivity index (χ0n) is 13.9. The molecular weight excluding hydrogens is 328 g/mol. The fourth-order valence-electron chi connectivity index (χ4n) is 3.04. The van der Waals surface area contributed by atoms with E-state index < -0.39 is 5.91 Å². The number of carbonyl (C=O) groups is 2. The van der Waals surface area contributed by atoms with E-state index in [4.69, 9.17) is 5.73 Å². The van der Waals surface area contributed by atoms with Gasteiger partial charge in [0, 0.05) is 33.7 Å². The number of fused-ring (bicyclic) bond motifs is 2. The van der Waals surface area contributed by atoms with Crippen LogP contribution < -0.4 is 11.1 Å². The average Bonchev–Trinajstić information content (AvgIpc) is 3.24. The lowest BCUT2D eigenvalue weighted by molar-refractivity contribution is -0.113. The van der Waals surface area contributed by atoms with Gasteiger partial charge in [-0.05, 0) is 42.3 Å². The minimum atomic E-state index is -0.515. The molecule has 0 aliphatic heterocycles. The van der Waals surface area contributed by atoms with Crippen molar-refractivity contribution in [3.63, 3.8) is 0 Å². The maximum Gasteiger partial charge on any atom is 0.265 e.